The molecule has 1 aromatic carbocycles. The van der Waals surface area contributed by atoms with E-state index in [1.165, 1.54) is 38.5 Å². The maximum absolute atomic E-state index is 14.1. The van der Waals surface area contributed by atoms with Gasteiger partial charge in [-0.05, 0) is 43.4 Å². The van der Waals surface area contributed by atoms with Gasteiger partial charge in [-0.2, -0.15) is 0 Å². The molecule has 106 valence electrons. The Labute approximate surface area is 116 Å². The van der Waals surface area contributed by atoms with Crippen molar-refractivity contribution in [3.8, 4) is 0 Å². The van der Waals surface area contributed by atoms with Crippen LogP contribution < -0.4 is 5.73 Å². The van der Waals surface area contributed by atoms with Crippen LogP contribution in [0.1, 0.15) is 67.7 Å². The lowest BCUT2D eigenvalue weighted by molar-refractivity contribution is 0.386. The molecule has 1 aromatic rings. The molecule has 0 amide bonds. The number of rotatable bonds is 3. The predicted molar refractivity (Wildman–Crippen MR) is 78.6 cm³/mol. The van der Waals surface area contributed by atoms with Crippen LogP contribution in [0.4, 0.5) is 4.39 Å². The molecule has 0 radical (unpaired) electrons. The second-order valence-electron chi connectivity index (χ2n) is 6.18. The zero-order chi connectivity index (χ0) is 13.8. The number of hydrogen-bond donors (Lipinski definition) is 1. The molecule has 0 heterocycles. The van der Waals surface area contributed by atoms with Crippen molar-refractivity contribution >= 4 is 0 Å². The van der Waals surface area contributed by atoms with Gasteiger partial charge in [0.15, 0.2) is 0 Å². The van der Waals surface area contributed by atoms with Gasteiger partial charge in [0.2, 0.25) is 0 Å². The van der Waals surface area contributed by atoms with Crippen LogP contribution in [0.2, 0.25) is 0 Å². The molecule has 2 heteroatoms. The van der Waals surface area contributed by atoms with Crippen LogP contribution in [0.25, 0.3) is 0 Å². The molecule has 0 bridgehead atoms. The zero-order valence-corrected chi connectivity index (χ0v) is 12.2. The fourth-order valence-corrected chi connectivity index (χ4v) is 3.47. The summed E-state index contributed by atoms with van der Waals surface area (Å²) in [5.74, 6) is 0.552. The predicted octanol–water partition coefficient (Wildman–Crippen LogP) is 4.80. The Morgan fingerprint density at radius 1 is 1.16 bits per heavy atom. The number of nitrogens with two attached hydrogens (primary N) is 1. The second-order valence-corrected chi connectivity index (χ2v) is 6.18. The van der Waals surface area contributed by atoms with Gasteiger partial charge in [0.1, 0.15) is 5.82 Å². The van der Waals surface area contributed by atoms with Gasteiger partial charge in [-0.15, -0.1) is 0 Å². The maximum Gasteiger partial charge on any atom is 0.128 e. The average molecular weight is 263 g/mol. The fraction of sp³-hybridized carbons (Fsp3) is 0.647. The van der Waals surface area contributed by atoms with E-state index in [0.29, 0.717) is 5.92 Å². The lowest BCUT2D eigenvalue weighted by atomic mass is 9.88. The highest BCUT2D eigenvalue weighted by atomic mass is 19.1. The van der Waals surface area contributed by atoms with E-state index in [2.05, 4.69) is 0 Å². The molecule has 1 saturated carbocycles. The van der Waals surface area contributed by atoms with E-state index in [1.54, 1.807) is 6.07 Å². The first-order chi connectivity index (χ1) is 9.08. The van der Waals surface area contributed by atoms with Crippen molar-refractivity contribution in [1.29, 1.82) is 0 Å². The van der Waals surface area contributed by atoms with Crippen LogP contribution in [0.3, 0.4) is 0 Å². The molecule has 0 aliphatic heterocycles. The molecule has 0 aromatic heterocycles. The van der Waals surface area contributed by atoms with Gasteiger partial charge in [0.25, 0.3) is 0 Å². The van der Waals surface area contributed by atoms with Crippen molar-refractivity contribution < 1.29 is 4.39 Å². The standard InChI is InChI=1S/C17H26FN/c1-12-9-13(2)17(15(18)10-12)16(19)11-14-7-5-3-4-6-8-14/h9-10,14,16H,3-8,11,19H2,1-2H3. The summed E-state index contributed by atoms with van der Waals surface area (Å²) in [6.45, 7) is 3.90. The van der Waals surface area contributed by atoms with E-state index in [1.807, 2.05) is 19.9 Å². The van der Waals surface area contributed by atoms with Gasteiger partial charge in [-0.1, -0.05) is 44.6 Å². The number of halogens is 1. The van der Waals surface area contributed by atoms with Gasteiger partial charge in [-0.25, -0.2) is 4.39 Å². The van der Waals surface area contributed by atoms with Crippen molar-refractivity contribution in [3.63, 3.8) is 0 Å². The molecule has 2 N–H and O–H groups in total. The molecule has 1 fully saturated rings. The molecule has 0 spiro atoms. The summed E-state index contributed by atoms with van der Waals surface area (Å²) >= 11 is 0. The first-order valence-electron chi connectivity index (χ1n) is 7.60. The summed E-state index contributed by atoms with van der Waals surface area (Å²) < 4.78 is 14.1. The van der Waals surface area contributed by atoms with Gasteiger partial charge < -0.3 is 5.73 Å². The van der Waals surface area contributed by atoms with Gasteiger partial charge in [-0.3, -0.25) is 0 Å². The van der Waals surface area contributed by atoms with Crippen LogP contribution in [-0.4, -0.2) is 0 Å². The highest BCUT2D eigenvalue weighted by Gasteiger charge is 2.20. The topological polar surface area (TPSA) is 26.0 Å². The largest absolute Gasteiger partial charge is 0.324 e. The van der Waals surface area contributed by atoms with Gasteiger partial charge in [0.05, 0.1) is 0 Å². The second kappa shape index (κ2) is 6.51. The van der Waals surface area contributed by atoms with E-state index < -0.39 is 0 Å². The Morgan fingerprint density at radius 2 is 1.79 bits per heavy atom. The Balaban J connectivity index is 2.08. The van der Waals surface area contributed by atoms with Crippen LogP contribution in [0, 0.1) is 25.6 Å². The van der Waals surface area contributed by atoms with Crippen LogP contribution in [0.15, 0.2) is 12.1 Å². The zero-order valence-electron chi connectivity index (χ0n) is 12.2. The van der Waals surface area contributed by atoms with Crippen LogP contribution in [-0.2, 0) is 0 Å². The van der Waals surface area contributed by atoms with E-state index in [4.69, 9.17) is 5.73 Å². The van der Waals surface area contributed by atoms with E-state index in [9.17, 15) is 4.39 Å². The minimum atomic E-state index is -0.149. The molecule has 1 aliphatic carbocycles. The third kappa shape index (κ3) is 3.79. The smallest absolute Gasteiger partial charge is 0.128 e. The van der Waals surface area contributed by atoms with Crippen molar-refractivity contribution in [2.24, 2.45) is 11.7 Å². The molecular weight excluding hydrogens is 237 g/mol. The number of aryl methyl sites for hydroxylation is 2. The normalized spacial score (nSPS) is 19.2. The third-order valence-electron chi connectivity index (χ3n) is 4.41. The minimum absolute atomic E-state index is 0.126. The first-order valence-corrected chi connectivity index (χ1v) is 7.60. The highest BCUT2D eigenvalue weighted by Crippen LogP contribution is 2.32. The van der Waals surface area contributed by atoms with Crippen molar-refractivity contribution in [3.05, 3.63) is 34.6 Å². The molecule has 2 rings (SSSR count). The summed E-state index contributed by atoms with van der Waals surface area (Å²) in [5, 5.41) is 0. The summed E-state index contributed by atoms with van der Waals surface area (Å²) in [4.78, 5) is 0. The van der Waals surface area contributed by atoms with Crippen LogP contribution in [0.5, 0.6) is 0 Å². The monoisotopic (exact) mass is 263 g/mol. The van der Waals surface area contributed by atoms with Crippen molar-refractivity contribution in [2.45, 2.75) is 64.8 Å². The summed E-state index contributed by atoms with van der Waals surface area (Å²) in [6, 6.07) is 3.49. The third-order valence-corrected chi connectivity index (χ3v) is 4.41. The van der Waals surface area contributed by atoms with E-state index in [0.717, 1.165) is 23.1 Å². The molecule has 0 saturated heterocycles. The number of hydrogen-bond acceptors (Lipinski definition) is 1. The van der Waals surface area contributed by atoms with Crippen molar-refractivity contribution in [2.75, 3.05) is 0 Å². The average Bonchev–Trinajstić information content (AvgIpc) is 2.56. The Hall–Kier alpha value is -0.890. The lowest BCUT2D eigenvalue weighted by Gasteiger charge is -2.21. The number of benzene rings is 1. The first kappa shape index (κ1) is 14.5. The molecule has 1 unspecified atom stereocenters. The lowest BCUT2D eigenvalue weighted by Crippen LogP contribution is -2.18. The summed E-state index contributed by atoms with van der Waals surface area (Å²) in [6.07, 6.45) is 8.79. The minimum Gasteiger partial charge on any atom is -0.324 e. The van der Waals surface area contributed by atoms with Gasteiger partial charge in [0, 0.05) is 11.6 Å². The fourth-order valence-electron chi connectivity index (χ4n) is 3.47. The molecule has 19 heavy (non-hydrogen) atoms. The summed E-state index contributed by atoms with van der Waals surface area (Å²) in [5.41, 5.74) is 8.99. The molecule has 1 nitrogen and oxygen atoms in total. The van der Waals surface area contributed by atoms with Crippen LogP contribution >= 0.6 is 0 Å². The Morgan fingerprint density at radius 3 is 2.37 bits per heavy atom. The Kier molecular flexibility index (Phi) is 4.98. The van der Waals surface area contributed by atoms with Crippen molar-refractivity contribution in [1.82, 2.24) is 0 Å². The van der Waals surface area contributed by atoms with Gasteiger partial charge >= 0.3 is 0 Å². The SMILES string of the molecule is Cc1cc(C)c(C(N)CC2CCCCCC2)c(F)c1. The van der Waals surface area contributed by atoms with E-state index >= 15 is 0 Å². The van der Waals surface area contributed by atoms with E-state index in [-0.39, 0.29) is 11.9 Å². The molecular formula is C17H26FN. The quantitative estimate of drug-likeness (QED) is 0.779. The molecule has 1 atom stereocenters. The maximum atomic E-state index is 14.1. The highest BCUT2D eigenvalue weighted by molar-refractivity contribution is 5.34. The summed E-state index contributed by atoms with van der Waals surface area (Å²) in [7, 11) is 0. The Bertz CT molecular complexity index is 396. The molecule has 1 aliphatic rings.